The Morgan fingerprint density at radius 1 is 1.18 bits per heavy atom. The van der Waals surface area contributed by atoms with Crippen molar-refractivity contribution in [1.29, 1.82) is 0 Å². The monoisotopic (exact) mass is 663 g/mol. The van der Waals surface area contributed by atoms with Crippen LogP contribution >= 0.6 is 0 Å². The minimum Gasteiger partial charge on any atom is -0.504 e. The van der Waals surface area contributed by atoms with E-state index in [1.54, 1.807) is 6.07 Å². The van der Waals surface area contributed by atoms with E-state index in [2.05, 4.69) is 37.5 Å². The van der Waals surface area contributed by atoms with Crippen LogP contribution in [0, 0.1) is 11.8 Å². The zero-order valence-corrected chi connectivity index (χ0v) is 28.8. The van der Waals surface area contributed by atoms with Crippen molar-refractivity contribution in [3.8, 4) is 11.5 Å². The van der Waals surface area contributed by atoms with E-state index >= 15 is 0 Å². The molecule has 7 atom stereocenters. The third-order valence-corrected chi connectivity index (χ3v) is 12.5. The summed E-state index contributed by atoms with van der Waals surface area (Å²) in [6.45, 7) is 3.29. The predicted molar refractivity (Wildman–Crippen MR) is 191 cm³/mol. The molecule has 3 aliphatic heterocycles. The molecule has 0 bridgehead atoms. The number of phenols is 1. The van der Waals surface area contributed by atoms with Gasteiger partial charge in [-0.1, -0.05) is 56.9 Å². The molecule has 2 aromatic rings. The first-order valence-electron chi connectivity index (χ1n) is 18.8. The number of nitrogens with two attached hydrogens (primary N) is 1. The summed E-state index contributed by atoms with van der Waals surface area (Å²) in [5.41, 5.74) is 16.9. The molecule has 0 aromatic heterocycles. The van der Waals surface area contributed by atoms with Crippen molar-refractivity contribution in [2.75, 3.05) is 13.3 Å². The first-order valence-corrected chi connectivity index (χ1v) is 18.8. The van der Waals surface area contributed by atoms with Crippen LogP contribution in [-0.4, -0.2) is 47.3 Å². The van der Waals surface area contributed by atoms with Gasteiger partial charge in [0.1, 0.15) is 30.4 Å². The third-order valence-electron chi connectivity index (χ3n) is 12.5. The van der Waals surface area contributed by atoms with Gasteiger partial charge >= 0.3 is 0 Å². The minimum absolute atomic E-state index is 0.0493. The van der Waals surface area contributed by atoms with Crippen molar-refractivity contribution < 1.29 is 24.6 Å². The highest BCUT2D eigenvalue weighted by atomic mass is 16.5. The Morgan fingerprint density at radius 3 is 2.96 bits per heavy atom. The number of unbranched alkanes of at least 4 members (excludes halogenated alkanes) is 2. The number of ketones is 1. The maximum atomic E-state index is 12.5. The van der Waals surface area contributed by atoms with Crippen molar-refractivity contribution in [1.82, 2.24) is 0 Å². The second kappa shape index (κ2) is 13.3. The van der Waals surface area contributed by atoms with E-state index in [9.17, 15) is 15.0 Å². The van der Waals surface area contributed by atoms with Gasteiger partial charge in [0.25, 0.3) is 0 Å². The van der Waals surface area contributed by atoms with Crippen molar-refractivity contribution in [3.05, 3.63) is 81.7 Å². The van der Waals surface area contributed by atoms with Crippen LogP contribution in [0.1, 0.15) is 118 Å². The van der Waals surface area contributed by atoms with Crippen molar-refractivity contribution >= 4 is 17.7 Å². The molecule has 8 rings (SSSR count). The lowest BCUT2D eigenvalue weighted by Crippen LogP contribution is -3.07. The average molecular weight is 664 g/mol. The molecule has 3 heterocycles. The number of aromatic hydroxyl groups is 1. The van der Waals surface area contributed by atoms with E-state index in [1.165, 1.54) is 59.2 Å². The zero-order valence-electron chi connectivity index (χ0n) is 28.8. The zero-order chi connectivity index (χ0) is 33.7. The van der Waals surface area contributed by atoms with Gasteiger partial charge in [-0.25, -0.2) is 0 Å². The van der Waals surface area contributed by atoms with E-state index in [0.717, 1.165) is 54.8 Å². The smallest absolute Gasteiger partial charge is 0.227 e. The van der Waals surface area contributed by atoms with Crippen LogP contribution in [0.4, 0.5) is 0 Å². The number of rotatable bonds is 13. The number of nitrogens with one attached hydrogen (secondary N) is 1. The lowest BCUT2D eigenvalue weighted by atomic mass is 9.50. The quantitative estimate of drug-likeness (QED) is 0.204. The van der Waals surface area contributed by atoms with Gasteiger partial charge in [-0.05, 0) is 96.7 Å². The number of allylic oxidation sites excluding steroid dienone is 1. The molecule has 7 unspecified atom stereocenters. The van der Waals surface area contributed by atoms with Crippen LogP contribution in [-0.2, 0) is 16.6 Å². The number of aliphatic hydroxyl groups excluding tert-OH is 1. The fourth-order valence-corrected chi connectivity index (χ4v) is 10.4. The predicted octanol–water partition coefficient (Wildman–Crippen LogP) is 5.73. The molecular weight excluding hydrogens is 612 g/mol. The molecular formula is C41H51N4O4+. The number of hydrogen-bond acceptors (Lipinski definition) is 7. The number of benzene rings is 2. The SMILES string of the molecule is CCCCCC(O)CC(=O)CCc1ccc(O)c(OC[NH+]2C=C3N=CC(C45CCCC4C4CCCC6=NC(N)c7cccc5c7C64)=C3C2)c1. The second-order valence-corrected chi connectivity index (χ2v) is 15.4. The summed E-state index contributed by atoms with van der Waals surface area (Å²) in [4.78, 5) is 23.7. The van der Waals surface area contributed by atoms with Gasteiger partial charge in [-0.15, -0.1) is 0 Å². The number of nitrogens with zero attached hydrogens (tertiary/aromatic N) is 2. The Hall–Kier alpha value is -3.59. The molecule has 3 aliphatic carbocycles. The Kier molecular flexibility index (Phi) is 8.83. The number of fused-ring (bicyclic) bond motifs is 4. The van der Waals surface area contributed by atoms with E-state index < -0.39 is 6.10 Å². The fraction of sp³-hybridized carbons (Fsp3) is 0.537. The number of aliphatic imine (C=N–C) groups is 2. The van der Waals surface area contributed by atoms with Crippen LogP contribution < -0.4 is 15.4 Å². The molecule has 0 saturated heterocycles. The molecule has 258 valence electrons. The number of ether oxygens (including phenoxy) is 1. The summed E-state index contributed by atoms with van der Waals surface area (Å²) in [5.74, 6) is 2.18. The van der Waals surface area contributed by atoms with Gasteiger partial charge in [0.05, 0.1) is 6.10 Å². The number of phenolic OH excluding ortho intramolecular Hbond substituents is 1. The molecule has 8 heteroatoms. The number of aryl methyl sites for hydroxylation is 1. The van der Waals surface area contributed by atoms with Crippen LogP contribution in [0.2, 0.25) is 0 Å². The number of aliphatic hydroxyl groups is 1. The molecule has 49 heavy (non-hydrogen) atoms. The molecule has 0 spiro atoms. The summed E-state index contributed by atoms with van der Waals surface area (Å²) in [7, 11) is 0. The normalized spacial score (nSPS) is 29.7. The molecule has 2 fully saturated rings. The van der Waals surface area contributed by atoms with Crippen molar-refractivity contribution in [2.45, 2.75) is 114 Å². The van der Waals surface area contributed by atoms with Gasteiger partial charge in [-0.2, -0.15) is 0 Å². The van der Waals surface area contributed by atoms with E-state index in [-0.39, 0.29) is 29.5 Å². The third kappa shape index (κ3) is 5.70. The van der Waals surface area contributed by atoms with Crippen molar-refractivity contribution in [2.24, 2.45) is 27.6 Å². The molecule has 0 amide bonds. The first-order chi connectivity index (χ1) is 23.9. The molecule has 0 radical (unpaired) electrons. The number of carbonyl (C=O) groups is 1. The number of carbonyl (C=O) groups excluding carboxylic acids is 1. The Balaban J connectivity index is 0.982. The molecule has 2 saturated carbocycles. The molecule has 8 nitrogen and oxygen atoms in total. The lowest BCUT2D eigenvalue weighted by Gasteiger charge is -2.54. The largest absolute Gasteiger partial charge is 0.504 e. The maximum Gasteiger partial charge on any atom is 0.227 e. The van der Waals surface area contributed by atoms with Gasteiger partial charge < -0.3 is 20.7 Å². The number of hydrogen-bond donors (Lipinski definition) is 4. The highest BCUT2D eigenvalue weighted by Gasteiger charge is 2.59. The van der Waals surface area contributed by atoms with Crippen molar-refractivity contribution in [3.63, 3.8) is 0 Å². The number of Topliss-reactive ketones (excluding diaryl/α,β-unsaturated/α-hetero) is 1. The van der Waals surface area contributed by atoms with Gasteiger partial charge in [0, 0.05) is 41.7 Å². The summed E-state index contributed by atoms with van der Waals surface area (Å²) >= 11 is 0. The highest BCUT2D eigenvalue weighted by Crippen LogP contribution is 2.65. The summed E-state index contributed by atoms with van der Waals surface area (Å²) in [6, 6.07) is 12.1. The minimum atomic E-state index is -0.560. The standard InChI is InChI=1S/C41H50N4O4/c1-2-3-4-8-26(46)20-27(47)16-14-25-15-17-36(48)37(19-25)49-24-45-22-30-33(21-43-35(30)23-45)41-18-7-12-31(41)28-9-6-13-34-39(28)38-29(40(42)44-34)10-5-11-32(38)41/h5,10-11,15,17,19,21,23,26,28,31,39-40,46,48H,2-4,6-9,12-14,16,18,20,22,24,42H2,1H3/p+1. The highest BCUT2D eigenvalue weighted by molar-refractivity contribution is 5.96. The van der Waals surface area contributed by atoms with Crippen LogP contribution in [0.15, 0.2) is 69.4 Å². The average Bonchev–Trinajstić information content (AvgIpc) is 3.82. The van der Waals surface area contributed by atoms with Crippen LogP contribution in [0.25, 0.3) is 0 Å². The molecule has 6 aliphatic rings. The summed E-state index contributed by atoms with van der Waals surface area (Å²) in [6.07, 6.45) is 15.6. The fourth-order valence-electron chi connectivity index (χ4n) is 10.4. The topological polar surface area (TPSA) is 122 Å². The lowest BCUT2D eigenvalue weighted by molar-refractivity contribution is -0.855. The summed E-state index contributed by atoms with van der Waals surface area (Å²) in [5, 5.41) is 20.8. The second-order valence-electron chi connectivity index (χ2n) is 15.4. The van der Waals surface area contributed by atoms with Gasteiger partial charge in [-0.3, -0.25) is 19.7 Å². The molecule has 2 aromatic carbocycles. The summed E-state index contributed by atoms with van der Waals surface area (Å²) < 4.78 is 6.23. The van der Waals surface area contributed by atoms with Gasteiger partial charge in [0.15, 0.2) is 11.5 Å². The Bertz CT molecular complexity index is 1760. The maximum absolute atomic E-state index is 12.5. The number of quaternary nitrogens is 1. The van der Waals surface area contributed by atoms with E-state index in [1.807, 2.05) is 12.1 Å². The molecule has 5 N–H and O–H groups in total. The van der Waals surface area contributed by atoms with Crippen LogP contribution in [0.3, 0.4) is 0 Å². The van der Waals surface area contributed by atoms with Gasteiger partial charge in [0.2, 0.25) is 6.73 Å². The van der Waals surface area contributed by atoms with Crippen LogP contribution in [0.5, 0.6) is 11.5 Å². The first kappa shape index (κ1) is 32.6. The Labute approximate surface area is 289 Å². The Morgan fingerprint density at radius 2 is 2.08 bits per heavy atom. The van der Waals surface area contributed by atoms with E-state index in [4.69, 9.17) is 20.5 Å². The van der Waals surface area contributed by atoms with E-state index in [0.29, 0.717) is 49.5 Å².